The number of anilines is 1. The molecule has 2 rings (SSSR count). The van der Waals surface area contributed by atoms with Crippen molar-refractivity contribution in [2.45, 2.75) is 20.0 Å². The van der Waals surface area contributed by atoms with Gasteiger partial charge in [0.15, 0.2) is 6.10 Å². The lowest BCUT2D eigenvalue weighted by atomic mass is 10.2. The molecule has 2 aromatic rings. The number of ether oxygens (including phenoxy) is 1. The quantitative estimate of drug-likeness (QED) is 0.825. The van der Waals surface area contributed by atoms with Crippen LogP contribution in [-0.2, 0) is 9.53 Å². The number of amides is 1. The van der Waals surface area contributed by atoms with Gasteiger partial charge in [0.2, 0.25) is 0 Å². The van der Waals surface area contributed by atoms with Crippen LogP contribution in [0, 0.1) is 6.92 Å². The van der Waals surface area contributed by atoms with Crippen molar-refractivity contribution < 1.29 is 14.3 Å². The molecule has 0 bridgehead atoms. The second-order valence-corrected chi connectivity index (χ2v) is 5.87. The largest absolute Gasteiger partial charge is 0.449 e. The number of aryl methyl sites for hydroxylation is 1. The predicted octanol–water partition coefficient (Wildman–Crippen LogP) is 4.49. The van der Waals surface area contributed by atoms with Crippen molar-refractivity contribution in [3.63, 3.8) is 0 Å². The number of hydrogen-bond donors (Lipinski definition) is 1. The molecule has 0 radical (unpaired) electrons. The van der Waals surface area contributed by atoms with Gasteiger partial charge in [0, 0.05) is 10.7 Å². The summed E-state index contributed by atoms with van der Waals surface area (Å²) in [5.41, 5.74) is 1.77. The lowest BCUT2D eigenvalue weighted by Gasteiger charge is -2.14. The van der Waals surface area contributed by atoms with Gasteiger partial charge in [0.25, 0.3) is 5.91 Å². The first-order valence-corrected chi connectivity index (χ1v) is 7.66. The summed E-state index contributed by atoms with van der Waals surface area (Å²) in [6, 6.07) is 11.8. The third-order valence-electron chi connectivity index (χ3n) is 3.09. The topological polar surface area (TPSA) is 55.4 Å². The highest BCUT2D eigenvalue weighted by Gasteiger charge is 2.21. The molecule has 1 N–H and O–H groups in total. The van der Waals surface area contributed by atoms with Crippen LogP contribution in [-0.4, -0.2) is 18.0 Å². The molecule has 0 heterocycles. The molecule has 6 heteroatoms. The third kappa shape index (κ3) is 4.71. The Morgan fingerprint density at radius 3 is 2.57 bits per heavy atom. The summed E-state index contributed by atoms with van der Waals surface area (Å²) >= 11 is 11.8. The van der Waals surface area contributed by atoms with Crippen molar-refractivity contribution in [3.05, 3.63) is 63.6 Å². The van der Waals surface area contributed by atoms with Crippen molar-refractivity contribution in [1.82, 2.24) is 0 Å². The normalized spacial score (nSPS) is 11.7. The van der Waals surface area contributed by atoms with Crippen LogP contribution >= 0.6 is 23.2 Å². The molecule has 0 spiro atoms. The maximum atomic E-state index is 12.1. The van der Waals surface area contributed by atoms with Crippen LogP contribution in [0.15, 0.2) is 42.5 Å². The number of hydrogen-bond acceptors (Lipinski definition) is 3. The molecular weight excluding hydrogens is 337 g/mol. The van der Waals surface area contributed by atoms with E-state index in [0.717, 1.165) is 5.56 Å². The maximum absolute atomic E-state index is 12.1. The predicted molar refractivity (Wildman–Crippen MR) is 91.1 cm³/mol. The van der Waals surface area contributed by atoms with Gasteiger partial charge in [-0.05, 0) is 49.7 Å². The molecule has 0 aromatic heterocycles. The summed E-state index contributed by atoms with van der Waals surface area (Å²) in [6.07, 6.45) is -0.974. The Morgan fingerprint density at radius 1 is 1.13 bits per heavy atom. The summed E-state index contributed by atoms with van der Waals surface area (Å²) in [6.45, 7) is 3.40. The minimum Gasteiger partial charge on any atom is -0.449 e. The van der Waals surface area contributed by atoms with Gasteiger partial charge in [-0.1, -0.05) is 35.3 Å². The summed E-state index contributed by atoms with van der Waals surface area (Å²) in [5, 5.41) is 3.26. The van der Waals surface area contributed by atoms with E-state index < -0.39 is 18.0 Å². The average Bonchev–Trinajstić information content (AvgIpc) is 2.49. The Morgan fingerprint density at radius 2 is 1.87 bits per heavy atom. The molecule has 120 valence electrons. The van der Waals surface area contributed by atoms with E-state index in [1.165, 1.54) is 19.1 Å². The van der Waals surface area contributed by atoms with Crippen LogP contribution in [0.25, 0.3) is 0 Å². The van der Waals surface area contributed by atoms with Gasteiger partial charge in [-0.15, -0.1) is 0 Å². The first-order chi connectivity index (χ1) is 10.9. The zero-order valence-corrected chi connectivity index (χ0v) is 14.1. The Bertz CT molecular complexity index is 746. The minimum atomic E-state index is -0.974. The van der Waals surface area contributed by atoms with Crippen molar-refractivity contribution in [3.8, 4) is 0 Å². The van der Waals surface area contributed by atoms with Crippen molar-refractivity contribution in [1.29, 1.82) is 0 Å². The van der Waals surface area contributed by atoms with Crippen molar-refractivity contribution >= 4 is 40.8 Å². The zero-order valence-electron chi connectivity index (χ0n) is 12.6. The number of rotatable bonds is 4. The smallest absolute Gasteiger partial charge is 0.340 e. The van der Waals surface area contributed by atoms with Crippen LogP contribution in [0.2, 0.25) is 10.0 Å². The van der Waals surface area contributed by atoms with Gasteiger partial charge >= 0.3 is 5.97 Å². The fourth-order valence-electron chi connectivity index (χ4n) is 1.90. The van der Waals surface area contributed by atoms with E-state index >= 15 is 0 Å². The minimum absolute atomic E-state index is 0.120. The number of carbonyl (C=O) groups is 2. The second kappa shape index (κ2) is 7.49. The molecule has 0 aliphatic carbocycles. The lowest BCUT2D eigenvalue weighted by Crippen LogP contribution is -2.30. The molecule has 0 aliphatic heterocycles. The van der Waals surface area contributed by atoms with E-state index in [4.69, 9.17) is 27.9 Å². The van der Waals surface area contributed by atoms with Crippen LogP contribution in [0.1, 0.15) is 22.8 Å². The molecule has 0 saturated heterocycles. The third-order valence-corrected chi connectivity index (χ3v) is 3.65. The van der Waals surface area contributed by atoms with Gasteiger partial charge in [-0.3, -0.25) is 4.79 Å². The van der Waals surface area contributed by atoms with Gasteiger partial charge < -0.3 is 10.1 Å². The van der Waals surface area contributed by atoms with Crippen LogP contribution in [0.3, 0.4) is 0 Å². The van der Waals surface area contributed by atoms with Crippen LogP contribution < -0.4 is 5.32 Å². The highest BCUT2D eigenvalue weighted by atomic mass is 35.5. The molecule has 2 aromatic carbocycles. The number of nitrogens with one attached hydrogen (secondary N) is 1. The lowest BCUT2D eigenvalue weighted by molar-refractivity contribution is -0.123. The van der Waals surface area contributed by atoms with Gasteiger partial charge in [0.05, 0.1) is 10.6 Å². The molecular formula is C17H15Cl2NO3. The van der Waals surface area contributed by atoms with Crippen LogP contribution in [0.4, 0.5) is 5.69 Å². The first kappa shape index (κ1) is 17.3. The summed E-state index contributed by atoms with van der Waals surface area (Å²) in [4.78, 5) is 24.2. The molecule has 0 aliphatic rings. The molecule has 1 atom stereocenters. The number of halogens is 2. The molecule has 0 saturated carbocycles. The maximum Gasteiger partial charge on any atom is 0.340 e. The van der Waals surface area contributed by atoms with Gasteiger partial charge in [-0.25, -0.2) is 4.79 Å². The number of carbonyl (C=O) groups excluding carboxylic acids is 2. The van der Waals surface area contributed by atoms with Crippen molar-refractivity contribution in [2.75, 3.05) is 5.32 Å². The van der Waals surface area contributed by atoms with E-state index in [9.17, 15) is 9.59 Å². The highest BCUT2D eigenvalue weighted by Crippen LogP contribution is 2.22. The highest BCUT2D eigenvalue weighted by molar-refractivity contribution is 6.35. The molecule has 0 unspecified atom stereocenters. The molecule has 23 heavy (non-hydrogen) atoms. The van der Waals surface area contributed by atoms with E-state index in [1.54, 1.807) is 12.1 Å². The van der Waals surface area contributed by atoms with Gasteiger partial charge in [0.1, 0.15) is 0 Å². The summed E-state index contributed by atoms with van der Waals surface area (Å²) in [7, 11) is 0. The van der Waals surface area contributed by atoms with Gasteiger partial charge in [-0.2, -0.15) is 0 Å². The SMILES string of the molecule is Cc1cccc(NC(=O)[C@H](C)OC(=O)c2cc(Cl)ccc2Cl)c1. The Kier molecular flexibility index (Phi) is 5.64. The molecule has 4 nitrogen and oxygen atoms in total. The molecule has 1 amide bonds. The van der Waals surface area contributed by atoms with Crippen LogP contribution in [0.5, 0.6) is 0 Å². The number of benzene rings is 2. The monoisotopic (exact) mass is 351 g/mol. The number of esters is 1. The van der Waals surface area contributed by atoms with E-state index in [1.807, 2.05) is 25.1 Å². The summed E-state index contributed by atoms with van der Waals surface area (Å²) < 4.78 is 5.14. The van der Waals surface area contributed by atoms with Crippen molar-refractivity contribution in [2.24, 2.45) is 0 Å². The second-order valence-electron chi connectivity index (χ2n) is 5.03. The van der Waals surface area contributed by atoms with E-state index in [-0.39, 0.29) is 10.6 Å². The fourth-order valence-corrected chi connectivity index (χ4v) is 2.26. The Hall–Kier alpha value is -2.04. The molecule has 0 fully saturated rings. The first-order valence-electron chi connectivity index (χ1n) is 6.90. The van der Waals surface area contributed by atoms with E-state index in [0.29, 0.717) is 10.7 Å². The average molecular weight is 352 g/mol. The Labute approximate surface area is 144 Å². The van der Waals surface area contributed by atoms with E-state index in [2.05, 4.69) is 5.32 Å². The zero-order chi connectivity index (χ0) is 17.0. The fraction of sp³-hybridized carbons (Fsp3) is 0.176. The Balaban J connectivity index is 2.03. The standard InChI is InChI=1S/C17H15Cl2NO3/c1-10-4-3-5-13(8-10)20-16(21)11(2)23-17(22)14-9-12(18)6-7-15(14)19/h3-9,11H,1-2H3,(H,20,21)/t11-/m0/s1. The summed E-state index contributed by atoms with van der Waals surface area (Å²) in [5.74, 6) is -1.13.